The quantitative estimate of drug-likeness (QED) is 0.143. The molecule has 3 N–H and O–H groups in total. The number of ketones is 1. The number of fused-ring (bicyclic) bond motifs is 2. The fourth-order valence-electron chi connectivity index (χ4n) is 11.4. The lowest BCUT2D eigenvalue weighted by Gasteiger charge is -2.79. The molecule has 4 fully saturated rings. The van der Waals surface area contributed by atoms with Gasteiger partial charge in [-0.2, -0.15) is 0 Å². The van der Waals surface area contributed by atoms with Crippen molar-refractivity contribution in [2.24, 2.45) is 22.2 Å². The molecule has 2 bridgehead atoms. The van der Waals surface area contributed by atoms with Gasteiger partial charge in [-0.05, 0) is 54.8 Å². The summed E-state index contributed by atoms with van der Waals surface area (Å²) in [4.78, 5) is 83.9. The Balaban J connectivity index is 1.28. The summed E-state index contributed by atoms with van der Waals surface area (Å²) in [5.41, 5.74) is -6.24. The van der Waals surface area contributed by atoms with Gasteiger partial charge in [0.15, 0.2) is 11.9 Å². The summed E-state index contributed by atoms with van der Waals surface area (Å²) in [6.07, 6.45) is -9.89. The normalized spacial score (nSPS) is 34.2. The minimum absolute atomic E-state index is 0.0203. The highest BCUT2D eigenvalue weighted by atomic mass is 16.6. The fourth-order valence-corrected chi connectivity index (χ4v) is 11.4. The van der Waals surface area contributed by atoms with Crippen LogP contribution in [-0.4, -0.2) is 94.1 Å². The van der Waals surface area contributed by atoms with E-state index in [4.69, 9.17) is 23.7 Å². The molecule has 0 radical (unpaired) electrons. The van der Waals surface area contributed by atoms with Gasteiger partial charge in [-0.3, -0.25) is 24.0 Å². The average molecular weight is 850 g/mol. The van der Waals surface area contributed by atoms with E-state index in [1.807, 2.05) is 0 Å². The molecule has 1 heterocycles. The molecule has 4 aliphatic carbocycles. The molecular weight excluding hydrogens is 799 g/mol. The average Bonchev–Trinajstić information content (AvgIpc) is 3.23. The Kier molecular flexibility index (Phi) is 10.8. The third-order valence-electron chi connectivity index (χ3n) is 14.5. The van der Waals surface area contributed by atoms with Crippen molar-refractivity contribution in [3.63, 3.8) is 0 Å². The summed E-state index contributed by atoms with van der Waals surface area (Å²) in [5, 5.41) is 29.0. The molecule has 1 aliphatic heterocycles. The molecular formula is C48H51NO13. The zero-order valence-corrected chi connectivity index (χ0v) is 35.4. The topological polar surface area (TPSA) is 201 Å². The van der Waals surface area contributed by atoms with Crippen LogP contribution in [0.2, 0.25) is 0 Å². The van der Waals surface area contributed by atoms with Crippen LogP contribution in [0.5, 0.6) is 0 Å². The molecule has 3 aromatic carbocycles. The van der Waals surface area contributed by atoms with Crippen LogP contribution in [0.15, 0.2) is 102 Å². The fraction of sp³-hybridized carbons (Fsp3) is 0.458. The van der Waals surface area contributed by atoms with Gasteiger partial charge in [0.2, 0.25) is 0 Å². The summed E-state index contributed by atoms with van der Waals surface area (Å²) >= 11 is 0. The number of aliphatic hydroxyl groups excluding tert-OH is 1. The molecule has 1 spiro atoms. The molecule has 1 amide bonds. The maximum atomic E-state index is 15.7. The zero-order chi connectivity index (χ0) is 44.5. The predicted octanol–water partition coefficient (Wildman–Crippen LogP) is 4.76. The molecule has 1 saturated heterocycles. The van der Waals surface area contributed by atoms with Crippen LogP contribution in [0.25, 0.3) is 0 Å². The number of hydrogen-bond donors (Lipinski definition) is 3. The van der Waals surface area contributed by atoms with Crippen LogP contribution in [-0.2, 0) is 42.9 Å². The number of aliphatic hydroxyl groups is 2. The Morgan fingerprint density at radius 1 is 0.823 bits per heavy atom. The van der Waals surface area contributed by atoms with Gasteiger partial charge in [0.25, 0.3) is 5.91 Å². The van der Waals surface area contributed by atoms with Crippen LogP contribution in [0.3, 0.4) is 0 Å². The number of carbonyl (C=O) groups is 6. The van der Waals surface area contributed by atoms with Crippen LogP contribution in [0, 0.1) is 22.2 Å². The first-order valence-corrected chi connectivity index (χ1v) is 20.9. The second-order valence-corrected chi connectivity index (χ2v) is 17.9. The lowest BCUT2D eigenvalue weighted by atomic mass is 9.31. The number of Topliss-reactive ketones (excluding diaryl/α,β-unsaturated/α-hetero) is 1. The summed E-state index contributed by atoms with van der Waals surface area (Å²) in [7, 11) is 0. The Labute approximate surface area is 358 Å². The second-order valence-electron chi connectivity index (χ2n) is 17.9. The van der Waals surface area contributed by atoms with E-state index in [0.717, 1.165) is 6.92 Å². The van der Waals surface area contributed by atoms with Gasteiger partial charge < -0.3 is 39.2 Å². The third kappa shape index (κ3) is 6.40. The van der Waals surface area contributed by atoms with Crippen molar-refractivity contribution >= 4 is 35.6 Å². The van der Waals surface area contributed by atoms with E-state index in [-0.39, 0.29) is 24.0 Å². The van der Waals surface area contributed by atoms with Crippen molar-refractivity contribution in [3.05, 3.63) is 119 Å². The number of rotatable bonds is 10. The first kappa shape index (κ1) is 43.0. The van der Waals surface area contributed by atoms with Crippen LogP contribution >= 0.6 is 0 Å². The van der Waals surface area contributed by atoms with Crippen molar-refractivity contribution in [1.82, 2.24) is 5.32 Å². The summed E-state index contributed by atoms with van der Waals surface area (Å²) in [6, 6.07) is 24.6. The first-order valence-electron chi connectivity index (χ1n) is 20.9. The van der Waals surface area contributed by atoms with E-state index in [9.17, 15) is 34.2 Å². The van der Waals surface area contributed by atoms with Crippen LogP contribution in [0.4, 0.5) is 0 Å². The number of benzene rings is 3. The standard InChI is InChI=1S/C48H51NO13/c1-25-33(60-35(53)22-31(28-16-10-7-11-17-28)49-42(55)29-18-12-8-13-19-29)24-47(57)44(62-43(56)30-20-14-9-15-21-30)48-37-32(61-39(37)41(48)59-27(3)51)23-34(52)46(48,6)40(54)38(58-26(2)50)36(25)45(47,4)5/h7-21,31-34,37-39,41,44,52,57H,22-24H2,1-6H3,(H,49,55). The van der Waals surface area contributed by atoms with E-state index in [0.29, 0.717) is 16.7 Å². The minimum atomic E-state index is -2.29. The molecule has 3 aromatic rings. The van der Waals surface area contributed by atoms with Gasteiger partial charge in [-0.1, -0.05) is 80.6 Å². The van der Waals surface area contributed by atoms with Gasteiger partial charge in [0.1, 0.15) is 30.0 Å². The largest absolute Gasteiger partial charge is 0.459 e. The van der Waals surface area contributed by atoms with Crippen molar-refractivity contribution in [1.29, 1.82) is 0 Å². The molecule has 8 rings (SSSR count). The molecule has 3 saturated carbocycles. The molecule has 0 aromatic heterocycles. The maximum absolute atomic E-state index is 15.7. The zero-order valence-electron chi connectivity index (χ0n) is 35.4. The van der Waals surface area contributed by atoms with Crippen LogP contribution < -0.4 is 5.32 Å². The van der Waals surface area contributed by atoms with Crippen molar-refractivity contribution < 1.29 is 62.7 Å². The van der Waals surface area contributed by atoms with Gasteiger partial charge >= 0.3 is 23.9 Å². The Hall–Kier alpha value is -5.70. The van der Waals surface area contributed by atoms with Gasteiger partial charge in [0.05, 0.1) is 41.1 Å². The third-order valence-corrected chi connectivity index (χ3v) is 14.5. The molecule has 12 atom stereocenters. The van der Waals surface area contributed by atoms with E-state index in [1.165, 1.54) is 26.0 Å². The first-order chi connectivity index (χ1) is 29.4. The SMILES string of the molecule is CC(=O)OC1C(=O)C2(C)C(O)CC3OC4C(OC(C)=O)C2(C34)C(OC(=O)c2ccccc2)C2(O)CC(OC(=O)CC(NC(=O)c3ccccc3)c3ccccc3)C(C)=C1C2(C)C. The molecule has 5 aliphatic rings. The molecule has 12 unspecified atom stereocenters. The summed E-state index contributed by atoms with van der Waals surface area (Å²) < 4.78 is 31.0. The van der Waals surface area contributed by atoms with E-state index < -0.39 is 119 Å². The van der Waals surface area contributed by atoms with Crippen molar-refractivity contribution in [2.75, 3.05) is 0 Å². The maximum Gasteiger partial charge on any atom is 0.338 e. The number of carbonyl (C=O) groups excluding carboxylic acids is 6. The Morgan fingerprint density at radius 2 is 1.40 bits per heavy atom. The minimum Gasteiger partial charge on any atom is -0.459 e. The number of hydrogen-bond acceptors (Lipinski definition) is 13. The molecule has 326 valence electrons. The number of ether oxygens (including phenoxy) is 5. The monoisotopic (exact) mass is 849 g/mol. The number of nitrogens with one attached hydrogen (secondary N) is 1. The van der Waals surface area contributed by atoms with Gasteiger partial charge in [0, 0.05) is 43.6 Å². The predicted molar refractivity (Wildman–Crippen MR) is 219 cm³/mol. The van der Waals surface area contributed by atoms with Crippen molar-refractivity contribution in [3.8, 4) is 0 Å². The Bertz CT molecular complexity index is 2330. The lowest BCUT2D eigenvalue weighted by Crippen LogP contribution is -2.92. The molecule has 14 heteroatoms. The van der Waals surface area contributed by atoms with Crippen LogP contribution in [0.1, 0.15) is 93.1 Å². The Morgan fingerprint density at radius 3 is 2.00 bits per heavy atom. The van der Waals surface area contributed by atoms with E-state index in [1.54, 1.807) is 99.6 Å². The smallest absolute Gasteiger partial charge is 0.338 e. The summed E-state index contributed by atoms with van der Waals surface area (Å²) in [6.45, 7) is 8.67. The number of amides is 1. The lowest BCUT2D eigenvalue weighted by molar-refractivity contribution is -0.445. The highest BCUT2D eigenvalue weighted by Gasteiger charge is 2.90. The van der Waals surface area contributed by atoms with Gasteiger partial charge in [-0.15, -0.1) is 0 Å². The summed E-state index contributed by atoms with van der Waals surface area (Å²) in [5.74, 6) is -5.13. The highest BCUT2D eigenvalue weighted by molar-refractivity contribution is 5.97. The second kappa shape index (κ2) is 15.6. The van der Waals surface area contributed by atoms with Crippen molar-refractivity contribution in [2.45, 2.75) is 115 Å². The number of esters is 4. The van der Waals surface area contributed by atoms with E-state index >= 15 is 4.79 Å². The molecule has 62 heavy (non-hydrogen) atoms. The van der Waals surface area contributed by atoms with E-state index in [2.05, 4.69) is 5.32 Å². The van der Waals surface area contributed by atoms with Gasteiger partial charge in [-0.25, -0.2) is 4.79 Å². The highest BCUT2D eigenvalue weighted by Crippen LogP contribution is 2.77. The molecule has 14 nitrogen and oxygen atoms in total.